The number of ether oxygens (including phenoxy) is 4. The Labute approximate surface area is 212 Å². The number of esters is 4. The molecule has 0 amide bonds. The van der Waals surface area contributed by atoms with Crippen molar-refractivity contribution in [3.05, 3.63) is 108 Å². The van der Waals surface area contributed by atoms with E-state index in [1.54, 1.807) is 54.6 Å². The average molecular weight is 504 g/mol. The third-order valence-corrected chi connectivity index (χ3v) is 5.05. The van der Waals surface area contributed by atoms with Gasteiger partial charge in [-0.1, -0.05) is 54.6 Å². The first-order valence-electron chi connectivity index (χ1n) is 11.3. The molecular formula is C28H24O9. The summed E-state index contributed by atoms with van der Waals surface area (Å²) in [6, 6.07) is 23.6. The monoisotopic (exact) mass is 504 g/mol. The van der Waals surface area contributed by atoms with E-state index in [0.29, 0.717) is 0 Å². The fraction of sp³-hybridized carbons (Fsp3) is 0.179. The first-order chi connectivity index (χ1) is 17.9. The van der Waals surface area contributed by atoms with Gasteiger partial charge < -0.3 is 18.9 Å². The molecule has 0 bridgehead atoms. The first-order valence-corrected chi connectivity index (χ1v) is 11.3. The summed E-state index contributed by atoms with van der Waals surface area (Å²) in [4.78, 5) is 62.1. The lowest BCUT2D eigenvalue weighted by atomic mass is 10.1. The topological polar surface area (TPSA) is 122 Å². The van der Waals surface area contributed by atoms with Crippen LogP contribution in [0.2, 0.25) is 0 Å². The Balaban J connectivity index is 1.94. The summed E-state index contributed by atoms with van der Waals surface area (Å²) in [5.74, 6) is -3.30. The van der Waals surface area contributed by atoms with Crippen molar-refractivity contribution >= 4 is 30.2 Å². The Morgan fingerprint density at radius 2 is 1.05 bits per heavy atom. The third-order valence-electron chi connectivity index (χ3n) is 5.05. The fourth-order valence-corrected chi connectivity index (χ4v) is 3.23. The van der Waals surface area contributed by atoms with Gasteiger partial charge in [-0.05, 0) is 36.4 Å². The average Bonchev–Trinajstić information content (AvgIpc) is 2.94. The second kappa shape index (κ2) is 13.3. The maximum absolute atomic E-state index is 12.9. The number of benzene rings is 3. The van der Waals surface area contributed by atoms with Gasteiger partial charge in [-0.2, -0.15) is 0 Å². The van der Waals surface area contributed by atoms with Gasteiger partial charge in [-0.3, -0.25) is 9.59 Å². The number of hydrogen-bond acceptors (Lipinski definition) is 9. The minimum Gasteiger partial charge on any atom is -0.462 e. The molecule has 0 aliphatic rings. The van der Waals surface area contributed by atoms with Crippen LogP contribution < -0.4 is 0 Å². The van der Waals surface area contributed by atoms with E-state index in [1.165, 1.54) is 36.4 Å². The molecule has 0 saturated carbocycles. The molecular weight excluding hydrogens is 480 g/mol. The molecule has 0 N–H and O–H groups in total. The van der Waals surface area contributed by atoms with Crippen LogP contribution in [0.3, 0.4) is 0 Å². The summed E-state index contributed by atoms with van der Waals surface area (Å²) in [6.07, 6.45) is -4.60. The van der Waals surface area contributed by atoms with E-state index in [-0.39, 0.29) is 23.0 Å². The van der Waals surface area contributed by atoms with Gasteiger partial charge in [-0.15, -0.1) is 0 Å². The van der Waals surface area contributed by atoms with Crippen LogP contribution in [0, 0.1) is 0 Å². The van der Waals surface area contributed by atoms with E-state index in [4.69, 9.17) is 18.9 Å². The van der Waals surface area contributed by atoms with Crippen LogP contribution in [0.15, 0.2) is 91.0 Å². The highest BCUT2D eigenvalue weighted by Gasteiger charge is 2.39. The van der Waals surface area contributed by atoms with Crippen LogP contribution in [0.4, 0.5) is 0 Å². The van der Waals surface area contributed by atoms with Crippen LogP contribution in [-0.4, -0.2) is 55.1 Å². The van der Waals surface area contributed by atoms with Crippen molar-refractivity contribution in [2.24, 2.45) is 0 Å². The Bertz CT molecular complexity index is 1210. The molecule has 0 aliphatic carbocycles. The van der Waals surface area contributed by atoms with Crippen LogP contribution in [-0.2, 0) is 28.5 Å². The van der Waals surface area contributed by atoms with Crippen molar-refractivity contribution in [3.63, 3.8) is 0 Å². The second-order valence-corrected chi connectivity index (χ2v) is 7.72. The Hall–Kier alpha value is -4.79. The van der Waals surface area contributed by atoms with Crippen LogP contribution in [0.1, 0.15) is 38.0 Å². The van der Waals surface area contributed by atoms with Crippen LogP contribution >= 0.6 is 0 Å². The van der Waals surface area contributed by atoms with Crippen molar-refractivity contribution in [1.82, 2.24) is 0 Å². The quantitative estimate of drug-likeness (QED) is 0.220. The summed E-state index contributed by atoms with van der Waals surface area (Å²) in [6.45, 7) is 0.557. The lowest BCUT2D eigenvalue weighted by Crippen LogP contribution is -2.48. The molecule has 3 rings (SSSR count). The lowest BCUT2D eigenvalue weighted by molar-refractivity contribution is -0.151. The van der Waals surface area contributed by atoms with Crippen molar-refractivity contribution in [1.29, 1.82) is 0 Å². The molecule has 0 spiro atoms. The molecule has 0 fully saturated rings. The Morgan fingerprint density at radius 1 is 0.649 bits per heavy atom. The number of carbonyl (C=O) groups excluding carboxylic acids is 5. The SMILES string of the molecule is CC(=O)OC[C@H](OC(=O)c1ccccc1)[C@H](OC(=O)c1ccccc1)[C@@H](C=O)OC(=O)c1ccccc1. The maximum Gasteiger partial charge on any atom is 0.338 e. The van der Waals surface area contributed by atoms with Gasteiger partial charge >= 0.3 is 23.9 Å². The molecule has 0 aromatic heterocycles. The normalized spacial score (nSPS) is 12.8. The van der Waals surface area contributed by atoms with Crippen molar-refractivity contribution < 1.29 is 42.9 Å². The Morgan fingerprint density at radius 3 is 1.46 bits per heavy atom. The van der Waals surface area contributed by atoms with Crippen molar-refractivity contribution in [2.75, 3.05) is 6.61 Å². The number of hydrogen-bond donors (Lipinski definition) is 0. The molecule has 3 aromatic rings. The maximum atomic E-state index is 12.9. The molecule has 3 aromatic carbocycles. The first kappa shape index (κ1) is 26.8. The zero-order valence-electron chi connectivity index (χ0n) is 19.9. The number of aldehydes is 1. The van der Waals surface area contributed by atoms with Gasteiger partial charge in [-0.25, -0.2) is 14.4 Å². The van der Waals surface area contributed by atoms with E-state index < -0.39 is 48.8 Å². The molecule has 0 aliphatic heterocycles. The van der Waals surface area contributed by atoms with Gasteiger partial charge in [0.05, 0.1) is 16.7 Å². The zero-order valence-corrected chi connectivity index (χ0v) is 19.9. The summed E-state index contributed by atoms with van der Waals surface area (Å²) >= 11 is 0. The van der Waals surface area contributed by atoms with Gasteiger partial charge in [0.1, 0.15) is 6.61 Å². The highest BCUT2D eigenvalue weighted by atomic mass is 16.6. The lowest BCUT2D eigenvalue weighted by Gasteiger charge is -2.30. The minimum absolute atomic E-state index is 0.132. The molecule has 3 atom stereocenters. The highest BCUT2D eigenvalue weighted by molar-refractivity contribution is 5.92. The van der Waals surface area contributed by atoms with E-state index >= 15 is 0 Å². The molecule has 9 heteroatoms. The fourth-order valence-electron chi connectivity index (χ4n) is 3.23. The van der Waals surface area contributed by atoms with Gasteiger partial charge in [0.2, 0.25) is 0 Å². The predicted octanol–water partition coefficient (Wildman–Crippen LogP) is 3.43. The summed E-state index contributed by atoms with van der Waals surface area (Å²) in [7, 11) is 0. The highest BCUT2D eigenvalue weighted by Crippen LogP contribution is 2.18. The Kier molecular flexibility index (Phi) is 9.66. The summed E-state index contributed by atoms with van der Waals surface area (Å²) in [5, 5.41) is 0. The van der Waals surface area contributed by atoms with Gasteiger partial charge in [0.15, 0.2) is 24.6 Å². The minimum atomic E-state index is -1.70. The molecule has 9 nitrogen and oxygen atoms in total. The molecule has 190 valence electrons. The molecule has 0 unspecified atom stereocenters. The summed E-state index contributed by atoms with van der Waals surface area (Å²) < 4.78 is 21.4. The van der Waals surface area contributed by atoms with E-state index in [2.05, 4.69) is 0 Å². The second-order valence-electron chi connectivity index (χ2n) is 7.72. The van der Waals surface area contributed by atoms with E-state index in [0.717, 1.165) is 6.92 Å². The van der Waals surface area contributed by atoms with Crippen molar-refractivity contribution in [3.8, 4) is 0 Å². The van der Waals surface area contributed by atoms with Crippen LogP contribution in [0.5, 0.6) is 0 Å². The van der Waals surface area contributed by atoms with E-state index in [9.17, 15) is 24.0 Å². The number of carbonyl (C=O) groups is 5. The van der Waals surface area contributed by atoms with E-state index in [1.807, 2.05) is 0 Å². The van der Waals surface area contributed by atoms with Gasteiger partial charge in [0.25, 0.3) is 0 Å². The van der Waals surface area contributed by atoms with Crippen molar-refractivity contribution in [2.45, 2.75) is 25.2 Å². The third kappa shape index (κ3) is 7.86. The predicted molar refractivity (Wildman–Crippen MR) is 130 cm³/mol. The molecule has 0 saturated heterocycles. The molecule has 37 heavy (non-hydrogen) atoms. The standard InChI is InChI=1S/C28H24O9/c1-19(30)34-18-24(36-27(32)21-13-7-3-8-14-21)25(37-28(33)22-15-9-4-10-16-22)23(17-29)35-26(31)20-11-5-2-6-12-20/h2-17,23-25H,18H2,1H3/t23-,24+,25-/m1/s1. The molecule has 0 heterocycles. The zero-order chi connectivity index (χ0) is 26.6. The van der Waals surface area contributed by atoms with Gasteiger partial charge in [0, 0.05) is 6.92 Å². The van der Waals surface area contributed by atoms with Crippen LogP contribution in [0.25, 0.3) is 0 Å². The smallest absolute Gasteiger partial charge is 0.338 e. The largest absolute Gasteiger partial charge is 0.462 e. The summed E-state index contributed by atoms with van der Waals surface area (Å²) in [5.41, 5.74) is 0.430. The number of rotatable bonds is 11. The molecule has 0 radical (unpaired) electrons.